The number of nitrogens with zero attached hydrogens (tertiary/aromatic N) is 3. The minimum Gasteiger partial charge on any atom is -0.475 e. The van der Waals surface area contributed by atoms with Gasteiger partial charge in [-0.25, -0.2) is 9.97 Å². The number of hydrogen-bond donors (Lipinski definition) is 0. The molecule has 16 heavy (non-hydrogen) atoms. The lowest BCUT2D eigenvalue weighted by atomic mass is 10.3. The number of halogens is 1. The maximum absolute atomic E-state index is 5.80. The maximum atomic E-state index is 5.80. The molecule has 0 spiro atoms. The van der Waals surface area contributed by atoms with E-state index in [0.29, 0.717) is 11.8 Å². The van der Waals surface area contributed by atoms with Crippen LogP contribution < -0.4 is 9.64 Å². The summed E-state index contributed by atoms with van der Waals surface area (Å²) in [6.45, 7) is 5.97. The number of hydrogen-bond acceptors (Lipinski definition) is 4. The van der Waals surface area contributed by atoms with Crippen molar-refractivity contribution in [2.45, 2.75) is 32.9 Å². The van der Waals surface area contributed by atoms with Crippen molar-refractivity contribution >= 4 is 17.4 Å². The molecule has 1 atom stereocenters. The van der Waals surface area contributed by atoms with E-state index in [1.54, 1.807) is 0 Å². The molecule has 1 unspecified atom stereocenters. The molecule has 0 aromatic carbocycles. The molecular formula is C11H18ClN3O. The van der Waals surface area contributed by atoms with Crippen LogP contribution in [0.25, 0.3) is 0 Å². The minimum atomic E-state index is 0.110. The van der Waals surface area contributed by atoms with E-state index < -0.39 is 0 Å². The highest BCUT2D eigenvalue weighted by molar-refractivity contribution is 6.18. The third-order valence-corrected chi connectivity index (χ3v) is 2.68. The summed E-state index contributed by atoms with van der Waals surface area (Å²) in [5, 5.41) is 0. The molecule has 0 aliphatic rings. The number of aromatic nitrogens is 2. The summed E-state index contributed by atoms with van der Waals surface area (Å²) in [6.07, 6.45) is 1.61. The van der Waals surface area contributed by atoms with Gasteiger partial charge in [-0.2, -0.15) is 0 Å². The molecule has 0 bridgehead atoms. The smallest absolute Gasteiger partial charge is 0.218 e. The average molecular weight is 244 g/mol. The Balaban J connectivity index is 2.81. The molecule has 0 aliphatic carbocycles. The molecule has 0 amide bonds. The van der Waals surface area contributed by atoms with Gasteiger partial charge in [-0.15, -0.1) is 11.6 Å². The summed E-state index contributed by atoms with van der Waals surface area (Å²) in [4.78, 5) is 10.2. The van der Waals surface area contributed by atoms with Gasteiger partial charge < -0.3 is 9.64 Å². The number of ether oxygens (including phenoxy) is 1. The van der Waals surface area contributed by atoms with Gasteiger partial charge in [0.2, 0.25) is 5.88 Å². The van der Waals surface area contributed by atoms with Crippen LogP contribution in [0.4, 0.5) is 5.82 Å². The van der Waals surface area contributed by atoms with Gasteiger partial charge in [-0.1, -0.05) is 0 Å². The van der Waals surface area contributed by atoms with Gasteiger partial charge in [-0.05, 0) is 20.8 Å². The first-order valence-corrected chi connectivity index (χ1v) is 5.85. The third-order valence-electron chi connectivity index (χ3n) is 2.23. The van der Waals surface area contributed by atoms with Gasteiger partial charge in [0.25, 0.3) is 0 Å². The zero-order chi connectivity index (χ0) is 12.1. The molecule has 5 heteroatoms. The summed E-state index contributed by atoms with van der Waals surface area (Å²) in [5.74, 6) is 1.97. The maximum Gasteiger partial charge on any atom is 0.218 e. The topological polar surface area (TPSA) is 38.2 Å². The first kappa shape index (κ1) is 13.0. The fourth-order valence-electron chi connectivity index (χ4n) is 1.16. The van der Waals surface area contributed by atoms with E-state index in [-0.39, 0.29) is 12.1 Å². The van der Waals surface area contributed by atoms with Crippen LogP contribution in [-0.4, -0.2) is 35.0 Å². The molecule has 0 saturated carbocycles. The lowest BCUT2D eigenvalue weighted by Gasteiger charge is -2.24. The third kappa shape index (κ3) is 3.52. The Hall–Kier alpha value is -1.03. The number of anilines is 1. The molecule has 0 radical (unpaired) electrons. The van der Waals surface area contributed by atoms with Crippen LogP contribution in [0.5, 0.6) is 5.88 Å². The normalized spacial score (nSPS) is 12.6. The predicted octanol–water partition coefficient (Wildman–Crippen LogP) is 2.33. The zero-order valence-electron chi connectivity index (χ0n) is 10.1. The Morgan fingerprint density at radius 1 is 1.38 bits per heavy atom. The van der Waals surface area contributed by atoms with Gasteiger partial charge in [-0.3, -0.25) is 0 Å². The number of rotatable bonds is 5. The fourth-order valence-corrected chi connectivity index (χ4v) is 1.37. The predicted molar refractivity (Wildman–Crippen MR) is 66.4 cm³/mol. The Labute approximate surface area is 102 Å². The quantitative estimate of drug-likeness (QED) is 0.744. The van der Waals surface area contributed by atoms with Gasteiger partial charge >= 0.3 is 0 Å². The van der Waals surface area contributed by atoms with Crippen LogP contribution in [0.1, 0.15) is 20.8 Å². The minimum absolute atomic E-state index is 0.110. The molecule has 1 aromatic rings. The first-order chi connectivity index (χ1) is 7.54. The van der Waals surface area contributed by atoms with Crippen molar-refractivity contribution in [3.8, 4) is 5.88 Å². The van der Waals surface area contributed by atoms with E-state index in [1.807, 2.05) is 38.8 Å². The summed E-state index contributed by atoms with van der Waals surface area (Å²) in [6, 6.07) is 2.05. The summed E-state index contributed by atoms with van der Waals surface area (Å²) >= 11 is 5.80. The van der Waals surface area contributed by atoms with Crippen LogP contribution >= 0.6 is 11.6 Å². The van der Waals surface area contributed by atoms with Crippen molar-refractivity contribution in [2.24, 2.45) is 0 Å². The molecular weight excluding hydrogens is 226 g/mol. The molecule has 0 fully saturated rings. The van der Waals surface area contributed by atoms with Crippen molar-refractivity contribution in [1.82, 2.24) is 9.97 Å². The molecule has 4 nitrogen and oxygen atoms in total. The van der Waals surface area contributed by atoms with E-state index >= 15 is 0 Å². The second kappa shape index (κ2) is 5.89. The van der Waals surface area contributed by atoms with Crippen LogP contribution in [0.15, 0.2) is 12.4 Å². The summed E-state index contributed by atoms with van der Waals surface area (Å²) in [7, 11) is 1.95. The van der Waals surface area contributed by atoms with E-state index in [9.17, 15) is 0 Å². The van der Waals surface area contributed by atoms with Gasteiger partial charge in [0.15, 0.2) is 0 Å². The molecule has 1 heterocycles. The Bertz CT molecular complexity index is 333. The van der Waals surface area contributed by atoms with Crippen LogP contribution in [0.3, 0.4) is 0 Å². The van der Waals surface area contributed by atoms with Crippen LogP contribution in [0.2, 0.25) is 0 Å². The lowest BCUT2D eigenvalue weighted by molar-refractivity contribution is 0.232. The zero-order valence-corrected chi connectivity index (χ0v) is 10.9. The summed E-state index contributed by atoms with van der Waals surface area (Å²) in [5.41, 5.74) is 0. The number of alkyl halides is 1. The molecule has 0 saturated heterocycles. The highest BCUT2D eigenvalue weighted by Gasteiger charge is 2.11. The molecule has 90 valence electrons. The van der Waals surface area contributed by atoms with E-state index in [4.69, 9.17) is 16.3 Å². The van der Waals surface area contributed by atoms with E-state index in [1.165, 1.54) is 6.33 Å². The highest BCUT2D eigenvalue weighted by atomic mass is 35.5. The Kier molecular flexibility index (Phi) is 4.80. The highest BCUT2D eigenvalue weighted by Crippen LogP contribution is 2.17. The molecule has 0 aliphatic heterocycles. The van der Waals surface area contributed by atoms with Crippen molar-refractivity contribution in [3.63, 3.8) is 0 Å². The van der Waals surface area contributed by atoms with E-state index in [0.717, 1.165) is 5.82 Å². The van der Waals surface area contributed by atoms with Gasteiger partial charge in [0.1, 0.15) is 12.1 Å². The van der Waals surface area contributed by atoms with Gasteiger partial charge in [0, 0.05) is 25.0 Å². The van der Waals surface area contributed by atoms with Crippen LogP contribution in [-0.2, 0) is 0 Å². The largest absolute Gasteiger partial charge is 0.475 e. The second-order valence-electron chi connectivity index (χ2n) is 4.00. The molecule has 1 aromatic heterocycles. The fraction of sp³-hybridized carbons (Fsp3) is 0.636. The van der Waals surface area contributed by atoms with Crippen molar-refractivity contribution < 1.29 is 4.74 Å². The lowest BCUT2D eigenvalue weighted by Crippen LogP contribution is -2.30. The second-order valence-corrected chi connectivity index (χ2v) is 4.30. The van der Waals surface area contributed by atoms with Crippen molar-refractivity contribution in [3.05, 3.63) is 12.4 Å². The van der Waals surface area contributed by atoms with Crippen molar-refractivity contribution in [1.29, 1.82) is 0 Å². The van der Waals surface area contributed by atoms with Crippen molar-refractivity contribution in [2.75, 3.05) is 17.8 Å². The van der Waals surface area contributed by atoms with Gasteiger partial charge in [0.05, 0.1) is 6.10 Å². The van der Waals surface area contributed by atoms with E-state index in [2.05, 4.69) is 9.97 Å². The summed E-state index contributed by atoms with van der Waals surface area (Å²) < 4.78 is 5.51. The Morgan fingerprint density at radius 2 is 2.06 bits per heavy atom. The Morgan fingerprint density at radius 3 is 2.62 bits per heavy atom. The average Bonchev–Trinajstić information content (AvgIpc) is 2.26. The van der Waals surface area contributed by atoms with Crippen LogP contribution in [0, 0.1) is 0 Å². The molecule has 0 N–H and O–H groups in total. The monoisotopic (exact) mass is 243 g/mol. The molecule has 1 rings (SSSR count). The SMILES string of the molecule is CC(C)Oc1cc(N(C)C(C)CCl)ncn1. The first-order valence-electron chi connectivity index (χ1n) is 5.32. The standard InChI is InChI=1S/C11H18ClN3O/c1-8(2)16-11-5-10(13-7-14-11)15(4)9(3)6-12/h5,7-9H,6H2,1-4H3.